The van der Waals surface area contributed by atoms with Crippen LogP contribution in [-0.4, -0.2) is 12.5 Å². The zero-order valence-corrected chi connectivity index (χ0v) is 8.69. The number of carbonyl (C=O) groups excluding carboxylic acids is 1. The number of alkyl halides is 1. The van der Waals surface area contributed by atoms with Gasteiger partial charge >= 0.3 is 0 Å². The Balaban J connectivity index is 2.53. The first-order valence-electron chi connectivity index (χ1n) is 5.06. The minimum atomic E-state index is -0.955. The lowest BCUT2D eigenvalue weighted by Crippen LogP contribution is -2.02. The predicted octanol–water partition coefficient (Wildman–Crippen LogP) is 3.51. The second-order valence-electron chi connectivity index (χ2n) is 3.47. The van der Waals surface area contributed by atoms with E-state index in [2.05, 4.69) is 0 Å². The average molecular weight is 214 g/mol. The number of carbonyl (C=O) groups is 1. The molecule has 0 heterocycles. The Morgan fingerprint density at radius 3 is 2.25 bits per heavy atom. The molecule has 2 heteroatoms. The molecule has 0 radical (unpaired) electrons. The van der Waals surface area contributed by atoms with Crippen molar-refractivity contribution in [2.24, 2.45) is 0 Å². The molecule has 0 unspecified atom stereocenters. The minimum Gasteiger partial charge on any atom is -0.291 e. The van der Waals surface area contributed by atoms with Crippen molar-refractivity contribution in [2.75, 3.05) is 6.67 Å². The molecule has 0 saturated heterocycles. The molecule has 80 valence electrons. The lowest BCUT2D eigenvalue weighted by Gasteiger charge is -2.06. The summed E-state index contributed by atoms with van der Waals surface area (Å²) in [6.07, 6.45) is 0. The smallest absolute Gasteiger partial charge is 0.194 e. The molecule has 0 aliphatic carbocycles. The van der Waals surface area contributed by atoms with Crippen LogP contribution < -0.4 is 0 Å². The number of benzene rings is 2. The number of ketones is 1. The molecule has 0 spiro atoms. The van der Waals surface area contributed by atoms with Crippen molar-refractivity contribution in [3.63, 3.8) is 0 Å². The molecule has 0 amide bonds. The maximum atomic E-state index is 12.4. The summed E-state index contributed by atoms with van der Waals surface area (Å²) in [5.41, 5.74) is 2.15. The van der Waals surface area contributed by atoms with Gasteiger partial charge in [0.25, 0.3) is 0 Å². The second-order valence-corrected chi connectivity index (χ2v) is 3.47. The van der Waals surface area contributed by atoms with Crippen molar-refractivity contribution in [1.82, 2.24) is 0 Å². The van der Waals surface area contributed by atoms with Gasteiger partial charge in [-0.05, 0) is 11.1 Å². The molecule has 0 saturated carbocycles. The molecule has 0 aliphatic heterocycles. The van der Waals surface area contributed by atoms with Gasteiger partial charge in [-0.1, -0.05) is 54.6 Å². The SMILES string of the molecule is O=C(CF)c1ccccc1-c1ccccc1. The molecule has 0 bridgehead atoms. The normalized spacial score (nSPS) is 10.1. The highest BCUT2D eigenvalue weighted by Crippen LogP contribution is 2.23. The van der Waals surface area contributed by atoms with Crippen LogP contribution in [0.5, 0.6) is 0 Å². The monoisotopic (exact) mass is 214 g/mol. The minimum absolute atomic E-state index is 0.441. The van der Waals surface area contributed by atoms with E-state index in [1.54, 1.807) is 12.1 Å². The summed E-state index contributed by atoms with van der Waals surface area (Å²) in [7, 11) is 0. The van der Waals surface area contributed by atoms with E-state index in [1.807, 2.05) is 42.5 Å². The number of Topliss-reactive ketones (excluding diaryl/α,β-unsaturated/α-hetero) is 1. The van der Waals surface area contributed by atoms with Crippen molar-refractivity contribution in [1.29, 1.82) is 0 Å². The van der Waals surface area contributed by atoms with E-state index in [9.17, 15) is 9.18 Å². The Morgan fingerprint density at radius 1 is 0.938 bits per heavy atom. The Kier molecular flexibility index (Phi) is 3.10. The van der Waals surface area contributed by atoms with Gasteiger partial charge in [-0.3, -0.25) is 4.79 Å². The van der Waals surface area contributed by atoms with E-state index >= 15 is 0 Å². The predicted molar refractivity (Wildman–Crippen MR) is 62.2 cm³/mol. The third kappa shape index (κ3) is 2.01. The first-order valence-corrected chi connectivity index (χ1v) is 5.06. The fourth-order valence-corrected chi connectivity index (χ4v) is 1.67. The van der Waals surface area contributed by atoms with Crippen molar-refractivity contribution in [3.8, 4) is 11.1 Å². The molecule has 2 aromatic rings. The van der Waals surface area contributed by atoms with Gasteiger partial charge in [-0.2, -0.15) is 0 Å². The van der Waals surface area contributed by atoms with E-state index in [4.69, 9.17) is 0 Å². The van der Waals surface area contributed by atoms with Gasteiger partial charge < -0.3 is 0 Å². The lowest BCUT2D eigenvalue weighted by atomic mass is 9.97. The van der Waals surface area contributed by atoms with Crippen LogP contribution in [0.4, 0.5) is 4.39 Å². The van der Waals surface area contributed by atoms with Crippen molar-refractivity contribution in [3.05, 3.63) is 60.2 Å². The number of rotatable bonds is 3. The highest BCUT2D eigenvalue weighted by Gasteiger charge is 2.11. The summed E-state index contributed by atoms with van der Waals surface area (Å²) in [5, 5.41) is 0. The molecule has 0 N–H and O–H groups in total. The lowest BCUT2D eigenvalue weighted by molar-refractivity contribution is 0.0959. The fraction of sp³-hybridized carbons (Fsp3) is 0.0714. The van der Waals surface area contributed by atoms with Crippen LogP contribution in [0.1, 0.15) is 10.4 Å². The van der Waals surface area contributed by atoms with Crippen LogP contribution >= 0.6 is 0 Å². The molecular weight excluding hydrogens is 203 g/mol. The molecular formula is C14H11FO. The van der Waals surface area contributed by atoms with Gasteiger partial charge in [0, 0.05) is 5.56 Å². The first-order chi connectivity index (χ1) is 7.83. The van der Waals surface area contributed by atoms with Gasteiger partial charge in [-0.25, -0.2) is 4.39 Å². The second kappa shape index (κ2) is 4.71. The topological polar surface area (TPSA) is 17.1 Å². The average Bonchev–Trinajstić information content (AvgIpc) is 2.39. The third-order valence-corrected chi connectivity index (χ3v) is 2.43. The van der Waals surface area contributed by atoms with Gasteiger partial charge in [-0.15, -0.1) is 0 Å². The van der Waals surface area contributed by atoms with Gasteiger partial charge in [0.15, 0.2) is 12.5 Å². The van der Waals surface area contributed by atoms with Crippen LogP contribution in [0.3, 0.4) is 0 Å². The van der Waals surface area contributed by atoms with Crippen LogP contribution in [0.2, 0.25) is 0 Å². The summed E-state index contributed by atoms with van der Waals surface area (Å²) in [6.45, 7) is -0.955. The quantitative estimate of drug-likeness (QED) is 0.714. The van der Waals surface area contributed by atoms with Crippen LogP contribution in [-0.2, 0) is 0 Å². The van der Waals surface area contributed by atoms with Crippen molar-refractivity contribution in [2.45, 2.75) is 0 Å². The van der Waals surface area contributed by atoms with Crippen LogP contribution in [0.15, 0.2) is 54.6 Å². The number of hydrogen-bond donors (Lipinski definition) is 0. The standard InChI is InChI=1S/C14H11FO/c15-10-14(16)13-9-5-4-8-12(13)11-6-2-1-3-7-11/h1-9H,10H2. The maximum absolute atomic E-state index is 12.4. The van der Waals surface area contributed by atoms with Crippen molar-refractivity contribution < 1.29 is 9.18 Å². The van der Waals surface area contributed by atoms with E-state index in [0.29, 0.717) is 5.56 Å². The summed E-state index contributed by atoms with van der Waals surface area (Å²) in [4.78, 5) is 11.4. The molecule has 0 aromatic heterocycles. The number of hydrogen-bond acceptors (Lipinski definition) is 1. The summed E-state index contributed by atoms with van der Waals surface area (Å²) in [5.74, 6) is -0.473. The molecule has 0 fully saturated rings. The van der Waals surface area contributed by atoms with Gasteiger partial charge in [0.1, 0.15) is 0 Å². The van der Waals surface area contributed by atoms with E-state index < -0.39 is 12.5 Å². The Bertz CT molecular complexity index is 491. The summed E-state index contributed by atoms with van der Waals surface area (Å²) < 4.78 is 12.4. The van der Waals surface area contributed by atoms with Gasteiger partial charge in [0.05, 0.1) is 0 Å². The van der Waals surface area contributed by atoms with Crippen LogP contribution in [0, 0.1) is 0 Å². The molecule has 0 aliphatic rings. The molecule has 2 aromatic carbocycles. The molecule has 16 heavy (non-hydrogen) atoms. The maximum Gasteiger partial charge on any atom is 0.194 e. The zero-order chi connectivity index (χ0) is 11.4. The zero-order valence-electron chi connectivity index (χ0n) is 8.69. The van der Waals surface area contributed by atoms with Crippen molar-refractivity contribution >= 4 is 5.78 Å². The molecule has 1 nitrogen and oxygen atoms in total. The van der Waals surface area contributed by atoms with E-state index in [0.717, 1.165) is 11.1 Å². The summed E-state index contributed by atoms with van der Waals surface area (Å²) >= 11 is 0. The number of halogens is 1. The van der Waals surface area contributed by atoms with Crippen LogP contribution in [0.25, 0.3) is 11.1 Å². The molecule has 0 atom stereocenters. The Hall–Kier alpha value is -1.96. The van der Waals surface area contributed by atoms with Gasteiger partial charge in [0.2, 0.25) is 0 Å². The largest absolute Gasteiger partial charge is 0.291 e. The van der Waals surface area contributed by atoms with E-state index in [-0.39, 0.29) is 0 Å². The third-order valence-electron chi connectivity index (χ3n) is 2.43. The highest BCUT2D eigenvalue weighted by molar-refractivity contribution is 6.03. The van der Waals surface area contributed by atoms with E-state index in [1.165, 1.54) is 0 Å². The first kappa shape index (κ1) is 10.6. The molecule has 2 rings (SSSR count). The summed E-state index contributed by atoms with van der Waals surface area (Å²) in [6, 6.07) is 16.6. The Labute approximate surface area is 93.5 Å². The highest BCUT2D eigenvalue weighted by atomic mass is 19.1. The Morgan fingerprint density at radius 2 is 1.56 bits per heavy atom. The fourth-order valence-electron chi connectivity index (χ4n) is 1.67.